The van der Waals surface area contributed by atoms with Crippen LogP contribution in [0.4, 0.5) is 0 Å². The van der Waals surface area contributed by atoms with E-state index >= 15 is 0 Å². The molecule has 148 valence electrons. The SMILES string of the molecule is CN=C(NCCCOc1ccc(OC)cc1)NCCc1c[nH]c2ccccc12. The summed E-state index contributed by atoms with van der Waals surface area (Å²) in [6.07, 6.45) is 3.90. The fourth-order valence-corrected chi connectivity index (χ4v) is 3.02. The monoisotopic (exact) mass is 380 g/mol. The zero-order chi connectivity index (χ0) is 19.6. The Morgan fingerprint density at radius 2 is 1.75 bits per heavy atom. The lowest BCUT2D eigenvalue weighted by molar-refractivity contribution is 0.310. The molecule has 0 bridgehead atoms. The van der Waals surface area contributed by atoms with Crippen LogP contribution in [0.5, 0.6) is 11.5 Å². The van der Waals surface area contributed by atoms with Gasteiger partial charge in [0, 0.05) is 37.2 Å². The number of hydrogen-bond acceptors (Lipinski definition) is 3. The van der Waals surface area contributed by atoms with Crippen molar-refractivity contribution in [1.82, 2.24) is 15.6 Å². The third-order valence-corrected chi connectivity index (χ3v) is 4.53. The smallest absolute Gasteiger partial charge is 0.190 e. The van der Waals surface area contributed by atoms with Crippen LogP contribution in [0.3, 0.4) is 0 Å². The Balaban J connectivity index is 1.33. The molecule has 0 spiro atoms. The quantitative estimate of drug-likeness (QED) is 0.302. The molecule has 0 aliphatic rings. The highest BCUT2D eigenvalue weighted by Gasteiger charge is 2.03. The number of methoxy groups -OCH3 is 1. The van der Waals surface area contributed by atoms with E-state index in [1.165, 1.54) is 16.5 Å². The lowest BCUT2D eigenvalue weighted by Gasteiger charge is -2.12. The van der Waals surface area contributed by atoms with Crippen LogP contribution in [0, 0.1) is 0 Å². The van der Waals surface area contributed by atoms with Crippen LogP contribution < -0.4 is 20.1 Å². The van der Waals surface area contributed by atoms with E-state index in [2.05, 4.69) is 45.0 Å². The maximum Gasteiger partial charge on any atom is 0.190 e. The predicted octanol–water partition coefficient (Wildman–Crippen LogP) is 3.35. The van der Waals surface area contributed by atoms with Crippen molar-refractivity contribution in [1.29, 1.82) is 0 Å². The van der Waals surface area contributed by atoms with Crippen molar-refractivity contribution in [3.8, 4) is 11.5 Å². The van der Waals surface area contributed by atoms with Crippen molar-refractivity contribution in [2.75, 3.05) is 33.9 Å². The molecule has 0 radical (unpaired) electrons. The van der Waals surface area contributed by atoms with E-state index in [9.17, 15) is 0 Å². The second kappa shape index (κ2) is 10.3. The topological polar surface area (TPSA) is 70.7 Å². The van der Waals surface area contributed by atoms with Crippen molar-refractivity contribution in [2.45, 2.75) is 12.8 Å². The number of aromatic nitrogens is 1. The molecule has 0 saturated carbocycles. The van der Waals surface area contributed by atoms with Gasteiger partial charge in [0.25, 0.3) is 0 Å². The van der Waals surface area contributed by atoms with Crippen LogP contribution in [0.25, 0.3) is 10.9 Å². The Labute approximate surface area is 166 Å². The van der Waals surface area contributed by atoms with E-state index < -0.39 is 0 Å². The van der Waals surface area contributed by atoms with Crippen molar-refractivity contribution in [3.05, 3.63) is 60.3 Å². The Morgan fingerprint density at radius 3 is 2.54 bits per heavy atom. The van der Waals surface area contributed by atoms with Crippen LogP contribution in [-0.4, -0.2) is 44.8 Å². The van der Waals surface area contributed by atoms with Gasteiger partial charge in [-0.15, -0.1) is 0 Å². The first-order valence-electron chi connectivity index (χ1n) is 9.56. The number of nitrogens with zero attached hydrogens (tertiary/aromatic N) is 1. The molecule has 1 heterocycles. The normalized spacial score (nSPS) is 11.4. The first kappa shape index (κ1) is 19.6. The summed E-state index contributed by atoms with van der Waals surface area (Å²) < 4.78 is 10.9. The highest BCUT2D eigenvalue weighted by molar-refractivity contribution is 5.83. The minimum absolute atomic E-state index is 0.645. The van der Waals surface area contributed by atoms with Gasteiger partial charge in [-0.3, -0.25) is 4.99 Å². The van der Waals surface area contributed by atoms with Gasteiger partial charge in [0.15, 0.2) is 5.96 Å². The number of benzene rings is 2. The van der Waals surface area contributed by atoms with E-state index in [0.29, 0.717) is 6.61 Å². The van der Waals surface area contributed by atoms with Gasteiger partial charge in [0.2, 0.25) is 0 Å². The molecule has 0 aliphatic heterocycles. The number of fused-ring (bicyclic) bond motifs is 1. The van der Waals surface area contributed by atoms with Crippen LogP contribution in [0.1, 0.15) is 12.0 Å². The summed E-state index contributed by atoms with van der Waals surface area (Å²) in [6, 6.07) is 16.0. The summed E-state index contributed by atoms with van der Waals surface area (Å²) in [4.78, 5) is 7.59. The Hall–Kier alpha value is -3.15. The summed E-state index contributed by atoms with van der Waals surface area (Å²) in [5.41, 5.74) is 2.49. The molecule has 0 saturated heterocycles. The fourth-order valence-electron chi connectivity index (χ4n) is 3.02. The molecule has 6 nitrogen and oxygen atoms in total. The van der Waals surface area contributed by atoms with Crippen molar-refractivity contribution in [3.63, 3.8) is 0 Å². The number of H-pyrrole nitrogens is 1. The number of para-hydroxylation sites is 1. The summed E-state index contributed by atoms with van der Waals surface area (Å²) in [5, 5.41) is 7.97. The molecule has 0 aliphatic carbocycles. The van der Waals surface area contributed by atoms with E-state index in [4.69, 9.17) is 9.47 Å². The molecular weight excluding hydrogens is 352 g/mol. The summed E-state index contributed by atoms with van der Waals surface area (Å²) in [7, 11) is 3.44. The number of aromatic amines is 1. The van der Waals surface area contributed by atoms with Crippen LogP contribution in [0.2, 0.25) is 0 Å². The zero-order valence-electron chi connectivity index (χ0n) is 16.5. The minimum Gasteiger partial charge on any atom is -0.497 e. The lowest BCUT2D eigenvalue weighted by atomic mass is 10.1. The van der Waals surface area contributed by atoms with Gasteiger partial charge in [-0.1, -0.05) is 18.2 Å². The van der Waals surface area contributed by atoms with Crippen molar-refractivity contribution in [2.24, 2.45) is 4.99 Å². The zero-order valence-corrected chi connectivity index (χ0v) is 16.5. The van der Waals surface area contributed by atoms with E-state index in [1.54, 1.807) is 14.2 Å². The number of ether oxygens (including phenoxy) is 2. The summed E-state index contributed by atoms with van der Waals surface area (Å²) >= 11 is 0. The number of rotatable bonds is 9. The fraction of sp³-hybridized carbons (Fsp3) is 0.318. The molecule has 2 aromatic carbocycles. The summed E-state index contributed by atoms with van der Waals surface area (Å²) in [6.45, 7) is 2.26. The van der Waals surface area contributed by atoms with Crippen molar-refractivity contribution >= 4 is 16.9 Å². The van der Waals surface area contributed by atoms with Crippen LogP contribution in [0.15, 0.2) is 59.7 Å². The van der Waals surface area contributed by atoms with Gasteiger partial charge >= 0.3 is 0 Å². The van der Waals surface area contributed by atoms with Gasteiger partial charge < -0.3 is 25.1 Å². The molecule has 3 aromatic rings. The molecule has 0 unspecified atom stereocenters. The highest BCUT2D eigenvalue weighted by Crippen LogP contribution is 2.18. The maximum atomic E-state index is 5.73. The first-order valence-corrected chi connectivity index (χ1v) is 9.56. The number of nitrogens with one attached hydrogen (secondary N) is 3. The van der Waals surface area contributed by atoms with E-state index in [1.807, 2.05) is 30.3 Å². The molecule has 3 rings (SSSR count). The standard InChI is InChI=1S/C22H28N4O2/c1-23-22(24-13-5-15-28-19-10-8-18(27-2)9-11-19)25-14-12-17-16-26-21-7-4-3-6-20(17)21/h3-4,6-11,16,26H,5,12-15H2,1-2H3,(H2,23,24,25). The van der Waals surface area contributed by atoms with Gasteiger partial charge in [-0.05, 0) is 48.7 Å². The van der Waals surface area contributed by atoms with Gasteiger partial charge in [0.05, 0.1) is 13.7 Å². The summed E-state index contributed by atoms with van der Waals surface area (Å²) in [5.74, 6) is 2.49. The third kappa shape index (κ3) is 5.42. The maximum absolute atomic E-state index is 5.73. The molecule has 3 N–H and O–H groups in total. The third-order valence-electron chi connectivity index (χ3n) is 4.53. The second-order valence-electron chi connectivity index (χ2n) is 6.41. The highest BCUT2D eigenvalue weighted by atomic mass is 16.5. The minimum atomic E-state index is 0.645. The van der Waals surface area contributed by atoms with Gasteiger partial charge in [-0.2, -0.15) is 0 Å². The first-order chi connectivity index (χ1) is 13.8. The van der Waals surface area contributed by atoms with Crippen molar-refractivity contribution < 1.29 is 9.47 Å². The molecule has 0 fully saturated rings. The molecular formula is C22H28N4O2. The average Bonchev–Trinajstić information content (AvgIpc) is 3.16. The second-order valence-corrected chi connectivity index (χ2v) is 6.41. The van der Waals surface area contributed by atoms with Crippen LogP contribution >= 0.6 is 0 Å². The Bertz CT molecular complexity index is 887. The molecule has 28 heavy (non-hydrogen) atoms. The Kier molecular flexibility index (Phi) is 7.18. The van der Waals surface area contributed by atoms with E-state index in [-0.39, 0.29) is 0 Å². The molecule has 6 heteroatoms. The predicted molar refractivity (Wildman–Crippen MR) is 114 cm³/mol. The number of guanidine groups is 1. The lowest BCUT2D eigenvalue weighted by Crippen LogP contribution is -2.39. The molecule has 0 atom stereocenters. The van der Waals surface area contributed by atoms with Gasteiger partial charge in [-0.25, -0.2) is 0 Å². The number of hydrogen-bond donors (Lipinski definition) is 3. The molecule has 0 amide bonds. The van der Waals surface area contributed by atoms with Gasteiger partial charge in [0.1, 0.15) is 11.5 Å². The van der Waals surface area contributed by atoms with Crippen LogP contribution in [-0.2, 0) is 6.42 Å². The largest absolute Gasteiger partial charge is 0.497 e. The molecule has 1 aromatic heterocycles. The van der Waals surface area contributed by atoms with E-state index in [0.717, 1.165) is 43.4 Å². The number of aliphatic imine (C=N–C) groups is 1. The average molecular weight is 380 g/mol. The Morgan fingerprint density at radius 1 is 1.00 bits per heavy atom.